The molecule has 0 bridgehead atoms. The Morgan fingerprint density at radius 3 is 3.07 bits per heavy atom. The minimum atomic E-state index is 0.746. The highest BCUT2D eigenvalue weighted by Crippen LogP contribution is 2.16. The number of rotatable bonds is 4. The zero-order valence-electron chi connectivity index (χ0n) is 9.25. The summed E-state index contributed by atoms with van der Waals surface area (Å²) in [4.78, 5) is 4.49. The Balaban J connectivity index is 2.13. The largest absolute Gasteiger partial charge is 0.365 e. The number of nitrogens with zero attached hydrogens (tertiary/aromatic N) is 1. The fraction of sp³-hybridized carbons (Fsp3) is 0.900. The zero-order chi connectivity index (χ0) is 10.4. The van der Waals surface area contributed by atoms with Gasteiger partial charge in [0.1, 0.15) is 0 Å². The molecule has 2 unspecified atom stereocenters. The molecule has 0 spiro atoms. The van der Waals surface area contributed by atoms with Crippen molar-refractivity contribution >= 4 is 28.7 Å². The van der Waals surface area contributed by atoms with Crippen LogP contribution in [0.15, 0.2) is 4.99 Å². The van der Waals surface area contributed by atoms with Crippen LogP contribution in [0.1, 0.15) is 20.3 Å². The molecule has 1 aliphatic rings. The van der Waals surface area contributed by atoms with Crippen LogP contribution in [0.25, 0.3) is 0 Å². The number of nitrogens with one attached hydrogen (secondary N) is 1. The van der Waals surface area contributed by atoms with Gasteiger partial charge in [0.05, 0.1) is 0 Å². The molecule has 1 rings (SSSR count). The van der Waals surface area contributed by atoms with Gasteiger partial charge in [0.2, 0.25) is 0 Å². The van der Waals surface area contributed by atoms with E-state index in [1.54, 1.807) is 0 Å². The van der Waals surface area contributed by atoms with Crippen LogP contribution < -0.4 is 5.32 Å². The van der Waals surface area contributed by atoms with E-state index in [-0.39, 0.29) is 0 Å². The monoisotopic (exact) mass is 232 g/mol. The molecule has 0 fully saturated rings. The number of hydrogen-bond donors (Lipinski definition) is 1. The van der Waals surface area contributed by atoms with Crippen LogP contribution in [0.5, 0.6) is 0 Å². The Morgan fingerprint density at radius 2 is 2.50 bits per heavy atom. The quantitative estimate of drug-likeness (QED) is 0.806. The summed E-state index contributed by atoms with van der Waals surface area (Å²) in [5.74, 6) is 1.96. The van der Waals surface area contributed by atoms with Crippen LogP contribution in [0.4, 0.5) is 0 Å². The average Bonchev–Trinajstić information content (AvgIpc) is 2.21. The summed E-state index contributed by atoms with van der Waals surface area (Å²) in [6.07, 6.45) is 3.38. The summed E-state index contributed by atoms with van der Waals surface area (Å²) >= 11 is 3.79. The number of hydrogen-bond acceptors (Lipinski definition) is 4. The van der Waals surface area contributed by atoms with Crippen molar-refractivity contribution in [3.05, 3.63) is 0 Å². The second-order valence-corrected chi connectivity index (χ2v) is 6.11. The summed E-state index contributed by atoms with van der Waals surface area (Å²) in [6, 6.07) is 0. The van der Waals surface area contributed by atoms with Gasteiger partial charge >= 0.3 is 0 Å². The highest BCUT2D eigenvalue weighted by atomic mass is 32.2. The maximum Gasteiger partial charge on any atom is 0.156 e. The summed E-state index contributed by atoms with van der Waals surface area (Å²) in [7, 11) is 0. The van der Waals surface area contributed by atoms with E-state index in [1.807, 2.05) is 23.5 Å². The lowest BCUT2D eigenvalue weighted by Gasteiger charge is -2.18. The minimum absolute atomic E-state index is 0.746. The van der Waals surface area contributed by atoms with Crippen LogP contribution >= 0.6 is 23.5 Å². The maximum atomic E-state index is 4.49. The Kier molecular flexibility index (Phi) is 5.78. The molecular weight excluding hydrogens is 212 g/mol. The van der Waals surface area contributed by atoms with Crippen molar-refractivity contribution < 1.29 is 0 Å². The number of amidine groups is 1. The van der Waals surface area contributed by atoms with Gasteiger partial charge in [-0.3, -0.25) is 4.99 Å². The lowest BCUT2D eigenvalue weighted by molar-refractivity contribution is 0.667. The van der Waals surface area contributed by atoms with Gasteiger partial charge in [-0.05, 0) is 18.6 Å². The fourth-order valence-electron chi connectivity index (χ4n) is 1.17. The van der Waals surface area contributed by atoms with E-state index in [0.717, 1.165) is 29.4 Å². The molecule has 1 aliphatic heterocycles. The first-order chi connectivity index (χ1) is 6.72. The molecule has 0 saturated carbocycles. The molecule has 1 N–H and O–H groups in total. The van der Waals surface area contributed by atoms with Crippen LogP contribution in [0.3, 0.4) is 0 Å². The smallest absolute Gasteiger partial charge is 0.156 e. The summed E-state index contributed by atoms with van der Waals surface area (Å²) in [5.41, 5.74) is 0. The molecule has 4 heteroatoms. The molecule has 0 aromatic rings. The Morgan fingerprint density at radius 1 is 1.71 bits per heavy atom. The SMILES string of the molecule is CSC(C)CCNC1=NCC(C)CS1. The van der Waals surface area contributed by atoms with Gasteiger partial charge in [-0.1, -0.05) is 25.6 Å². The van der Waals surface area contributed by atoms with E-state index in [1.165, 1.54) is 12.2 Å². The fourth-order valence-corrected chi connectivity index (χ4v) is 2.44. The van der Waals surface area contributed by atoms with Crippen molar-refractivity contribution in [3.8, 4) is 0 Å². The maximum absolute atomic E-state index is 4.49. The first kappa shape index (κ1) is 12.2. The normalized spacial score (nSPS) is 24.2. The van der Waals surface area contributed by atoms with E-state index in [0.29, 0.717) is 0 Å². The van der Waals surface area contributed by atoms with Crippen LogP contribution in [-0.2, 0) is 0 Å². The van der Waals surface area contributed by atoms with E-state index in [9.17, 15) is 0 Å². The highest BCUT2D eigenvalue weighted by molar-refractivity contribution is 8.13. The molecular formula is C10H20N2S2. The third-order valence-electron chi connectivity index (χ3n) is 2.28. The molecule has 14 heavy (non-hydrogen) atoms. The second kappa shape index (κ2) is 6.62. The third-order valence-corrected chi connectivity index (χ3v) is 4.60. The van der Waals surface area contributed by atoms with Crippen molar-refractivity contribution in [1.29, 1.82) is 0 Å². The topological polar surface area (TPSA) is 24.4 Å². The first-order valence-corrected chi connectivity index (χ1v) is 7.43. The van der Waals surface area contributed by atoms with Gasteiger partial charge in [0.25, 0.3) is 0 Å². The van der Waals surface area contributed by atoms with Crippen LogP contribution in [0, 0.1) is 5.92 Å². The van der Waals surface area contributed by atoms with Gasteiger partial charge in [-0.25, -0.2) is 0 Å². The molecule has 2 atom stereocenters. The van der Waals surface area contributed by atoms with Crippen molar-refractivity contribution in [3.63, 3.8) is 0 Å². The molecule has 0 saturated heterocycles. The van der Waals surface area contributed by atoms with Gasteiger partial charge in [0.15, 0.2) is 5.17 Å². The average molecular weight is 232 g/mol. The number of thioether (sulfide) groups is 2. The molecule has 82 valence electrons. The Hall–Kier alpha value is 0.170. The van der Waals surface area contributed by atoms with Crippen molar-refractivity contribution in [2.24, 2.45) is 10.9 Å². The van der Waals surface area contributed by atoms with Crippen molar-refractivity contribution in [2.75, 3.05) is 25.1 Å². The molecule has 0 aromatic heterocycles. The van der Waals surface area contributed by atoms with Crippen molar-refractivity contribution in [2.45, 2.75) is 25.5 Å². The van der Waals surface area contributed by atoms with E-state index in [4.69, 9.17) is 0 Å². The predicted octanol–water partition coefficient (Wildman–Crippen LogP) is 2.46. The number of aliphatic imine (C=N–C) groups is 1. The van der Waals surface area contributed by atoms with Gasteiger partial charge in [0, 0.05) is 24.1 Å². The Bertz CT molecular complexity index is 195. The summed E-state index contributed by atoms with van der Waals surface area (Å²) in [5, 5.41) is 5.30. The van der Waals surface area contributed by atoms with Crippen LogP contribution in [0.2, 0.25) is 0 Å². The first-order valence-electron chi connectivity index (χ1n) is 5.16. The lowest BCUT2D eigenvalue weighted by Crippen LogP contribution is -2.28. The highest BCUT2D eigenvalue weighted by Gasteiger charge is 2.11. The molecule has 0 aliphatic carbocycles. The van der Waals surface area contributed by atoms with Crippen molar-refractivity contribution in [1.82, 2.24) is 5.32 Å². The van der Waals surface area contributed by atoms with Gasteiger partial charge < -0.3 is 5.32 Å². The van der Waals surface area contributed by atoms with E-state index in [2.05, 4.69) is 30.4 Å². The standard InChI is InChI=1S/C10H20N2S2/c1-8-6-12-10(14-7-8)11-5-4-9(2)13-3/h8-9H,4-7H2,1-3H3,(H,11,12). The summed E-state index contributed by atoms with van der Waals surface area (Å²) in [6.45, 7) is 6.57. The van der Waals surface area contributed by atoms with Gasteiger partial charge in [-0.15, -0.1) is 0 Å². The third kappa shape index (κ3) is 4.60. The lowest BCUT2D eigenvalue weighted by atomic mass is 10.2. The molecule has 2 nitrogen and oxygen atoms in total. The molecule has 0 amide bonds. The van der Waals surface area contributed by atoms with Crippen LogP contribution in [-0.4, -0.2) is 35.5 Å². The molecule has 0 radical (unpaired) electrons. The molecule has 0 aromatic carbocycles. The minimum Gasteiger partial charge on any atom is -0.365 e. The predicted molar refractivity (Wildman–Crippen MR) is 69.5 cm³/mol. The second-order valence-electron chi connectivity index (χ2n) is 3.82. The van der Waals surface area contributed by atoms with Gasteiger partial charge in [-0.2, -0.15) is 11.8 Å². The van der Waals surface area contributed by atoms with E-state index >= 15 is 0 Å². The Labute approximate surface area is 95.7 Å². The molecule has 1 heterocycles. The van der Waals surface area contributed by atoms with E-state index < -0.39 is 0 Å². The summed E-state index contributed by atoms with van der Waals surface area (Å²) < 4.78 is 0. The zero-order valence-corrected chi connectivity index (χ0v) is 10.9.